The van der Waals surface area contributed by atoms with Crippen molar-refractivity contribution in [1.29, 1.82) is 0 Å². The van der Waals surface area contributed by atoms with E-state index in [1.807, 2.05) is 6.92 Å². The first kappa shape index (κ1) is 18.3. The number of halogens is 1. The Morgan fingerprint density at radius 2 is 2.19 bits per heavy atom. The van der Waals surface area contributed by atoms with Crippen molar-refractivity contribution in [3.8, 4) is 5.75 Å². The largest absolute Gasteiger partial charge is 0.485 e. The van der Waals surface area contributed by atoms with Gasteiger partial charge < -0.3 is 14.0 Å². The van der Waals surface area contributed by atoms with Crippen LogP contribution >= 0.6 is 0 Å². The van der Waals surface area contributed by atoms with E-state index in [1.54, 1.807) is 12.1 Å². The van der Waals surface area contributed by atoms with E-state index in [9.17, 15) is 9.18 Å². The summed E-state index contributed by atoms with van der Waals surface area (Å²) in [5.74, 6) is 0.868. The van der Waals surface area contributed by atoms with Gasteiger partial charge in [-0.05, 0) is 50.6 Å². The fraction of sp³-hybridized carbons (Fsp3) is 0.500. The summed E-state index contributed by atoms with van der Waals surface area (Å²) in [6.45, 7) is 4.34. The van der Waals surface area contributed by atoms with Gasteiger partial charge in [-0.3, -0.25) is 9.69 Å². The lowest BCUT2D eigenvalue weighted by Crippen LogP contribution is -2.39. The third kappa shape index (κ3) is 5.01. The van der Waals surface area contributed by atoms with Crippen molar-refractivity contribution in [1.82, 2.24) is 15.0 Å². The number of piperidine rings is 1. The molecule has 8 heteroatoms. The molecule has 2 aromatic rings. The van der Waals surface area contributed by atoms with Crippen LogP contribution in [0.3, 0.4) is 0 Å². The number of aromatic nitrogens is 2. The second kappa shape index (κ2) is 8.75. The maximum atomic E-state index is 12.9. The molecule has 26 heavy (non-hydrogen) atoms. The topological polar surface area (TPSA) is 77.7 Å². The van der Waals surface area contributed by atoms with Gasteiger partial charge in [0.25, 0.3) is 0 Å². The van der Waals surface area contributed by atoms with Gasteiger partial charge in [0.1, 0.15) is 11.6 Å². The summed E-state index contributed by atoms with van der Waals surface area (Å²) in [7, 11) is 0. The zero-order valence-electron chi connectivity index (χ0n) is 14.7. The van der Waals surface area contributed by atoms with Crippen LogP contribution in [0.25, 0.3) is 0 Å². The highest BCUT2D eigenvalue weighted by atomic mass is 19.1. The van der Waals surface area contributed by atoms with Crippen LogP contribution in [0.2, 0.25) is 0 Å². The molecule has 2 heterocycles. The maximum absolute atomic E-state index is 12.9. The third-order valence-corrected chi connectivity index (χ3v) is 4.18. The second-order valence-electron chi connectivity index (χ2n) is 6.17. The molecule has 0 aliphatic carbocycles. The van der Waals surface area contributed by atoms with Gasteiger partial charge in [-0.2, -0.15) is 4.98 Å². The zero-order chi connectivity index (χ0) is 18.4. The molecule has 0 N–H and O–H groups in total. The van der Waals surface area contributed by atoms with Crippen molar-refractivity contribution >= 4 is 5.97 Å². The lowest BCUT2D eigenvalue weighted by molar-refractivity contribution is -0.150. The molecule has 1 aliphatic heterocycles. The summed E-state index contributed by atoms with van der Waals surface area (Å²) in [6.07, 6.45) is 1.77. The first-order valence-corrected chi connectivity index (χ1v) is 8.73. The Morgan fingerprint density at radius 3 is 2.96 bits per heavy atom. The number of benzene rings is 1. The van der Waals surface area contributed by atoms with E-state index in [1.165, 1.54) is 12.1 Å². The van der Waals surface area contributed by atoms with E-state index in [-0.39, 0.29) is 24.3 Å². The normalized spacial score (nSPS) is 17.8. The molecule has 0 radical (unpaired) electrons. The molecule has 1 aliphatic rings. The standard InChI is InChI=1S/C18H22FN3O4/c1-2-24-18(23)13-4-3-9-22(10-13)11-17-20-16(21-26-17)12-25-15-7-5-14(19)6-8-15/h5-8,13H,2-4,9-12H2,1H3. The van der Waals surface area contributed by atoms with Crippen LogP contribution in [0.4, 0.5) is 4.39 Å². The number of ether oxygens (including phenoxy) is 2. The molecule has 1 aromatic heterocycles. The summed E-state index contributed by atoms with van der Waals surface area (Å²) >= 11 is 0. The lowest BCUT2D eigenvalue weighted by Gasteiger charge is -2.30. The smallest absolute Gasteiger partial charge is 0.310 e. The number of carbonyl (C=O) groups is 1. The van der Waals surface area contributed by atoms with Crippen molar-refractivity contribution < 1.29 is 23.2 Å². The highest BCUT2D eigenvalue weighted by molar-refractivity contribution is 5.72. The fourth-order valence-electron chi connectivity index (χ4n) is 2.93. The Labute approximate surface area is 151 Å². The first-order chi connectivity index (χ1) is 12.6. The van der Waals surface area contributed by atoms with Gasteiger partial charge in [-0.25, -0.2) is 4.39 Å². The number of nitrogens with zero attached hydrogens (tertiary/aromatic N) is 3. The third-order valence-electron chi connectivity index (χ3n) is 4.18. The molecule has 140 valence electrons. The SMILES string of the molecule is CCOC(=O)C1CCCN(Cc2nc(COc3ccc(F)cc3)no2)C1. The first-order valence-electron chi connectivity index (χ1n) is 8.73. The molecule has 0 spiro atoms. The molecule has 1 aromatic carbocycles. The minimum atomic E-state index is -0.318. The van der Waals surface area contributed by atoms with E-state index in [0.717, 1.165) is 19.4 Å². The van der Waals surface area contributed by atoms with Crippen molar-refractivity contribution in [3.05, 3.63) is 41.8 Å². The van der Waals surface area contributed by atoms with Gasteiger partial charge in [0.2, 0.25) is 11.7 Å². The minimum Gasteiger partial charge on any atom is -0.485 e. The number of hydrogen-bond donors (Lipinski definition) is 0. The van der Waals surface area contributed by atoms with E-state index in [4.69, 9.17) is 14.0 Å². The highest BCUT2D eigenvalue weighted by Gasteiger charge is 2.27. The number of rotatable bonds is 7. The van der Waals surface area contributed by atoms with Crippen molar-refractivity contribution in [3.63, 3.8) is 0 Å². The van der Waals surface area contributed by atoms with E-state index in [2.05, 4.69) is 15.0 Å². The van der Waals surface area contributed by atoms with Crippen LogP contribution in [-0.2, 0) is 22.7 Å². The predicted octanol–water partition coefficient (Wildman–Crippen LogP) is 2.56. The van der Waals surface area contributed by atoms with E-state index in [0.29, 0.717) is 37.2 Å². The van der Waals surface area contributed by atoms with Crippen LogP contribution in [0.15, 0.2) is 28.8 Å². The predicted molar refractivity (Wildman–Crippen MR) is 89.7 cm³/mol. The molecule has 0 bridgehead atoms. The zero-order valence-corrected chi connectivity index (χ0v) is 14.7. The molecule has 1 saturated heterocycles. The van der Waals surface area contributed by atoms with Gasteiger partial charge in [-0.15, -0.1) is 0 Å². The summed E-state index contributed by atoms with van der Waals surface area (Å²) < 4.78 is 28.7. The Bertz CT molecular complexity index is 719. The monoisotopic (exact) mass is 363 g/mol. The van der Waals surface area contributed by atoms with E-state index < -0.39 is 0 Å². The minimum absolute atomic E-state index is 0.104. The summed E-state index contributed by atoms with van der Waals surface area (Å²) in [6, 6.07) is 5.74. The molecule has 0 saturated carbocycles. The average molecular weight is 363 g/mol. The van der Waals surface area contributed by atoms with Crippen molar-refractivity contribution in [2.45, 2.75) is 32.9 Å². The number of carbonyl (C=O) groups excluding carboxylic acids is 1. The molecular weight excluding hydrogens is 341 g/mol. The Morgan fingerprint density at radius 1 is 1.38 bits per heavy atom. The fourth-order valence-corrected chi connectivity index (χ4v) is 2.93. The highest BCUT2D eigenvalue weighted by Crippen LogP contribution is 2.19. The Balaban J connectivity index is 1.50. The summed E-state index contributed by atoms with van der Waals surface area (Å²) in [5, 5.41) is 3.89. The van der Waals surface area contributed by atoms with Gasteiger partial charge in [0.15, 0.2) is 6.61 Å². The number of hydrogen-bond acceptors (Lipinski definition) is 7. The molecule has 1 atom stereocenters. The van der Waals surface area contributed by atoms with Gasteiger partial charge in [-0.1, -0.05) is 5.16 Å². The summed E-state index contributed by atoms with van der Waals surface area (Å²) in [4.78, 5) is 18.3. The molecule has 0 amide bonds. The lowest BCUT2D eigenvalue weighted by atomic mass is 9.98. The Kier molecular flexibility index (Phi) is 6.17. The van der Waals surface area contributed by atoms with Crippen LogP contribution in [0.5, 0.6) is 5.75 Å². The van der Waals surface area contributed by atoms with Crippen molar-refractivity contribution in [2.75, 3.05) is 19.7 Å². The van der Waals surface area contributed by atoms with Crippen LogP contribution in [0, 0.1) is 11.7 Å². The molecule has 1 fully saturated rings. The molecule has 1 unspecified atom stereocenters. The van der Waals surface area contributed by atoms with Gasteiger partial charge in [0.05, 0.1) is 19.1 Å². The second-order valence-corrected chi connectivity index (χ2v) is 6.17. The maximum Gasteiger partial charge on any atom is 0.310 e. The van der Waals surface area contributed by atoms with Gasteiger partial charge >= 0.3 is 5.97 Å². The van der Waals surface area contributed by atoms with E-state index >= 15 is 0 Å². The molecule has 7 nitrogen and oxygen atoms in total. The average Bonchev–Trinajstić information content (AvgIpc) is 3.09. The summed E-state index contributed by atoms with van der Waals surface area (Å²) in [5.41, 5.74) is 0. The molecule has 3 rings (SSSR count). The number of likely N-dealkylation sites (tertiary alicyclic amines) is 1. The van der Waals surface area contributed by atoms with Crippen molar-refractivity contribution in [2.24, 2.45) is 5.92 Å². The van der Waals surface area contributed by atoms with Gasteiger partial charge in [0, 0.05) is 6.54 Å². The quantitative estimate of drug-likeness (QED) is 0.700. The molecular formula is C18H22FN3O4. The van der Waals surface area contributed by atoms with Crippen LogP contribution in [-0.4, -0.2) is 40.7 Å². The van der Waals surface area contributed by atoms with Crippen LogP contribution < -0.4 is 4.74 Å². The Hall–Kier alpha value is -2.48. The number of esters is 1. The van der Waals surface area contributed by atoms with Crippen LogP contribution in [0.1, 0.15) is 31.5 Å².